The minimum Gasteiger partial charge on any atom is -0.369 e. The molecule has 8 nitrogen and oxygen atoms in total. The third-order valence-corrected chi connectivity index (χ3v) is 15.9. The van der Waals surface area contributed by atoms with Gasteiger partial charge in [-0.25, -0.2) is 0 Å². The Bertz CT molecular complexity index is 386. The van der Waals surface area contributed by atoms with Crippen LogP contribution in [0.4, 0.5) is 0 Å². The number of nitrogens with zero attached hydrogens (tertiary/aromatic N) is 2. The van der Waals surface area contributed by atoms with Gasteiger partial charge in [0.05, 0.1) is 45.9 Å². The molecule has 6 aliphatic heterocycles. The van der Waals surface area contributed by atoms with Crippen molar-refractivity contribution in [3.05, 3.63) is 0 Å². The zero-order valence-corrected chi connectivity index (χ0v) is 18.5. The van der Waals surface area contributed by atoms with Crippen molar-refractivity contribution >= 4 is 28.5 Å². The van der Waals surface area contributed by atoms with Gasteiger partial charge in [0, 0.05) is 39.3 Å². The molecule has 4 bridgehead atoms. The molecule has 6 rings (SSSR count). The van der Waals surface area contributed by atoms with Crippen LogP contribution in [0.5, 0.6) is 0 Å². The van der Waals surface area contributed by atoms with Gasteiger partial charge in [0.2, 0.25) is 0 Å². The Kier molecular flexibility index (Phi) is 6.74. The van der Waals surface area contributed by atoms with Crippen molar-refractivity contribution in [3.8, 4) is 0 Å². The summed E-state index contributed by atoms with van der Waals surface area (Å²) in [6, 6.07) is 0. The molecule has 6 heterocycles. The predicted molar refractivity (Wildman–Crippen MR) is 103 cm³/mol. The van der Waals surface area contributed by atoms with E-state index in [1.165, 1.54) is 0 Å². The Balaban J connectivity index is 1.40. The summed E-state index contributed by atoms with van der Waals surface area (Å²) in [5.74, 6) is 0. The van der Waals surface area contributed by atoms with Gasteiger partial charge in [0.15, 0.2) is 10.8 Å². The van der Waals surface area contributed by atoms with E-state index in [4.69, 9.17) is 26.6 Å². The maximum atomic E-state index is 6.19. The normalized spacial score (nSPS) is 42.8. The molecular formula is C15H31N2O6SSi2+. The van der Waals surface area contributed by atoms with Crippen molar-refractivity contribution < 1.29 is 26.6 Å². The molecule has 6 fully saturated rings. The first-order chi connectivity index (χ1) is 12.7. The minimum atomic E-state index is -2.61. The lowest BCUT2D eigenvalue weighted by Gasteiger charge is -2.38. The lowest BCUT2D eigenvalue weighted by Crippen LogP contribution is -2.62. The van der Waals surface area contributed by atoms with Crippen molar-refractivity contribution in [1.82, 2.24) is 9.80 Å². The lowest BCUT2D eigenvalue weighted by molar-refractivity contribution is -0.00518. The Morgan fingerprint density at radius 3 is 1.12 bits per heavy atom. The van der Waals surface area contributed by atoms with Crippen molar-refractivity contribution in [1.29, 1.82) is 0 Å². The van der Waals surface area contributed by atoms with Crippen LogP contribution in [0.25, 0.3) is 0 Å². The quantitative estimate of drug-likeness (QED) is 0.419. The SMILES string of the molecule is C[S+](C[Si]12OCCN(CCO1)CCO2)C[Si]12OCCN(CCO1)CCO2. The van der Waals surface area contributed by atoms with Gasteiger partial charge in [-0.2, -0.15) is 0 Å². The van der Waals surface area contributed by atoms with Crippen LogP contribution in [0, 0.1) is 0 Å². The highest BCUT2D eigenvalue weighted by Gasteiger charge is 2.55. The molecule has 0 unspecified atom stereocenters. The summed E-state index contributed by atoms with van der Waals surface area (Å²) in [6.07, 6.45) is 2.25. The summed E-state index contributed by atoms with van der Waals surface area (Å²) < 4.78 is 37.2. The van der Waals surface area contributed by atoms with Crippen LogP contribution in [0.3, 0.4) is 0 Å². The molecule has 26 heavy (non-hydrogen) atoms. The van der Waals surface area contributed by atoms with Gasteiger partial charge in [-0.3, -0.25) is 9.80 Å². The molecule has 0 saturated carbocycles. The lowest BCUT2D eigenvalue weighted by atomic mass is 10.4. The molecule has 0 N–H and O–H groups in total. The highest BCUT2D eigenvalue weighted by Crippen LogP contribution is 2.23. The highest BCUT2D eigenvalue weighted by atomic mass is 32.2. The largest absolute Gasteiger partial charge is 0.553 e. The minimum absolute atomic E-state index is 0.00730. The summed E-state index contributed by atoms with van der Waals surface area (Å²) in [4.78, 5) is 4.69. The smallest absolute Gasteiger partial charge is 0.369 e. The number of hydrogen-bond donors (Lipinski definition) is 0. The monoisotopic (exact) mass is 423 g/mol. The highest BCUT2D eigenvalue weighted by molar-refractivity contribution is 7.99. The van der Waals surface area contributed by atoms with E-state index >= 15 is 0 Å². The van der Waals surface area contributed by atoms with Crippen molar-refractivity contribution in [2.75, 3.05) is 95.9 Å². The first-order valence-corrected chi connectivity index (χ1v) is 15.4. The van der Waals surface area contributed by atoms with Gasteiger partial charge in [0.25, 0.3) is 0 Å². The Morgan fingerprint density at radius 2 is 0.846 bits per heavy atom. The van der Waals surface area contributed by atoms with E-state index < -0.39 is 17.6 Å². The molecule has 6 aliphatic rings. The van der Waals surface area contributed by atoms with E-state index in [9.17, 15) is 0 Å². The standard InChI is InChI=1S/C15H31N2O6SSi2/c1-24(14-25-18-8-2-16(3-9-19-25)4-10-20-25)15-26-21-11-5-17(6-12-22-26)7-13-23-26/h2-15H2,1H3/q+1. The van der Waals surface area contributed by atoms with Gasteiger partial charge in [-0.1, -0.05) is 0 Å². The molecule has 0 aromatic heterocycles. The first kappa shape index (κ1) is 19.8. The summed E-state index contributed by atoms with van der Waals surface area (Å²) in [6.45, 7) is 10.1. The van der Waals surface area contributed by atoms with Crippen LogP contribution in [0.15, 0.2) is 0 Å². The summed E-state index contributed by atoms with van der Waals surface area (Å²) >= 11 is 0. The third kappa shape index (κ3) is 4.89. The first-order valence-electron chi connectivity index (χ1n) is 9.55. The maximum absolute atomic E-state index is 6.19. The van der Waals surface area contributed by atoms with E-state index in [2.05, 4.69) is 16.1 Å². The Hall–Kier alpha value is 0.464. The van der Waals surface area contributed by atoms with Gasteiger partial charge < -0.3 is 26.6 Å². The number of hydrogen-bond acceptors (Lipinski definition) is 8. The fourth-order valence-electron chi connectivity index (χ4n) is 3.81. The van der Waals surface area contributed by atoms with Crippen molar-refractivity contribution in [2.24, 2.45) is 0 Å². The number of fused-ring (bicyclic) bond motifs is 12. The van der Waals surface area contributed by atoms with Gasteiger partial charge in [-0.15, -0.1) is 0 Å². The van der Waals surface area contributed by atoms with Crippen molar-refractivity contribution in [3.63, 3.8) is 0 Å². The van der Waals surface area contributed by atoms with E-state index in [0.717, 1.165) is 50.0 Å². The topological polar surface area (TPSA) is 61.9 Å². The molecule has 0 atom stereocenters. The van der Waals surface area contributed by atoms with E-state index in [1.807, 2.05) is 0 Å². The molecule has 0 amide bonds. The molecular weight excluding hydrogens is 392 g/mol. The van der Waals surface area contributed by atoms with Crippen LogP contribution in [0.2, 0.25) is 0 Å². The molecule has 0 aromatic carbocycles. The van der Waals surface area contributed by atoms with Crippen LogP contribution in [-0.4, -0.2) is 123 Å². The van der Waals surface area contributed by atoms with Gasteiger partial charge in [0.1, 0.15) is 0 Å². The van der Waals surface area contributed by atoms with Gasteiger partial charge in [-0.05, 0) is 10.9 Å². The second-order valence-electron chi connectivity index (χ2n) is 7.21. The summed E-state index contributed by atoms with van der Waals surface area (Å²) in [7, 11) is -5.21. The van der Waals surface area contributed by atoms with Crippen LogP contribution in [-0.2, 0) is 37.5 Å². The molecule has 0 aliphatic carbocycles. The molecule has 11 heteroatoms. The predicted octanol–water partition coefficient (Wildman–Crippen LogP) is -1.05. The molecule has 0 spiro atoms. The van der Waals surface area contributed by atoms with Crippen LogP contribution < -0.4 is 0 Å². The fraction of sp³-hybridized carbons (Fsp3) is 1.00. The van der Waals surface area contributed by atoms with Gasteiger partial charge >= 0.3 is 17.6 Å². The third-order valence-electron chi connectivity index (χ3n) is 5.22. The van der Waals surface area contributed by atoms with E-state index in [0.29, 0.717) is 39.6 Å². The van der Waals surface area contributed by atoms with E-state index in [-0.39, 0.29) is 10.9 Å². The average molecular weight is 424 g/mol. The summed E-state index contributed by atoms with van der Waals surface area (Å²) in [5.41, 5.74) is 0. The number of rotatable bonds is 4. The van der Waals surface area contributed by atoms with Crippen LogP contribution in [0.1, 0.15) is 0 Å². The van der Waals surface area contributed by atoms with Crippen LogP contribution >= 0.6 is 0 Å². The second-order valence-corrected chi connectivity index (χ2v) is 15.5. The fourth-order valence-corrected chi connectivity index (χ4v) is 14.9. The molecule has 150 valence electrons. The maximum Gasteiger partial charge on any atom is 0.553 e. The molecule has 0 aromatic rings. The molecule has 6 saturated heterocycles. The average Bonchev–Trinajstić information content (AvgIpc) is 2.49. The van der Waals surface area contributed by atoms with Crippen molar-refractivity contribution in [2.45, 2.75) is 0 Å². The van der Waals surface area contributed by atoms with E-state index in [1.54, 1.807) is 0 Å². The zero-order valence-electron chi connectivity index (χ0n) is 15.7. The Labute approximate surface area is 161 Å². The molecule has 0 radical (unpaired) electrons. The second kappa shape index (κ2) is 8.86. The summed E-state index contributed by atoms with van der Waals surface area (Å²) in [5, 5.41) is 1.67. The Morgan fingerprint density at radius 1 is 0.577 bits per heavy atom. The zero-order chi connectivity index (χ0) is 17.9.